The van der Waals surface area contributed by atoms with Crippen LogP contribution in [0.25, 0.3) is 11.0 Å². The van der Waals surface area contributed by atoms with Crippen molar-refractivity contribution in [1.82, 2.24) is 5.32 Å². The first kappa shape index (κ1) is 25.0. The van der Waals surface area contributed by atoms with E-state index in [2.05, 4.69) is 5.32 Å². The van der Waals surface area contributed by atoms with Crippen LogP contribution in [0.4, 0.5) is 4.79 Å². The topological polar surface area (TPSA) is 165 Å². The second-order valence-electron chi connectivity index (χ2n) is 9.51. The molecule has 1 aliphatic heterocycles. The molecule has 190 valence electrons. The van der Waals surface area contributed by atoms with Gasteiger partial charge in [0.2, 0.25) is 0 Å². The van der Waals surface area contributed by atoms with Gasteiger partial charge in [0.25, 0.3) is 0 Å². The smallest absolute Gasteiger partial charge is 0.407 e. The van der Waals surface area contributed by atoms with Gasteiger partial charge in [-0.2, -0.15) is 0 Å². The van der Waals surface area contributed by atoms with Crippen molar-refractivity contribution in [3.8, 4) is 5.75 Å². The summed E-state index contributed by atoms with van der Waals surface area (Å²) in [4.78, 5) is 36.1. The number of hydrogen-bond acceptors (Lipinski definition) is 9. The van der Waals surface area contributed by atoms with E-state index in [1.165, 1.54) is 19.2 Å². The molecule has 1 aliphatic carbocycles. The number of carbonyl (C=O) groups is 2. The van der Waals surface area contributed by atoms with E-state index in [0.29, 0.717) is 11.1 Å². The summed E-state index contributed by atoms with van der Waals surface area (Å²) in [6, 6.07) is 2.96. The Hall–Kier alpha value is -3.15. The summed E-state index contributed by atoms with van der Waals surface area (Å²) in [6.45, 7) is 5.06. The highest BCUT2D eigenvalue weighted by Gasteiger charge is 2.53. The molecule has 0 unspecified atom stereocenters. The number of alkyl carbamates (subject to hydrolysis) is 1. The Morgan fingerprint density at radius 3 is 2.49 bits per heavy atom. The van der Waals surface area contributed by atoms with Crippen LogP contribution in [0.1, 0.15) is 60.7 Å². The fourth-order valence-corrected chi connectivity index (χ4v) is 4.78. The summed E-state index contributed by atoms with van der Waals surface area (Å²) < 4.78 is 22.6. The number of ether oxygens (including phenoxy) is 3. The summed E-state index contributed by atoms with van der Waals surface area (Å²) in [5.41, 5.74) is -2.36. The number of rotatable bonds is 5. The molecule has 35 heavy (non-hydrogen) atoms. The van der Waals surface area contributed by atoms with E-state index in [0.717, 1.165) is 19.3 Å². The Bertz CT molecular complexity index is 1210. The fraction of sp³-hybridized carbons (Fsp3) is 0.542. The summed E-state index contributed by atoms with van der Waals surface area (Å²) in [6.07, 6.45) is -2.15. The predicted molar refractivity (Wildman–Crippen MR) is 122 cm³/mol. The average Bonchev–Trinajstić information content (AvgIpc) is 2.74. The standard InChI is InChI=1S/C24H29NO10/c1-10-12(8-9-13-15(26)14(21(28)29)22(30)33-17(10)13)18-16(27)19(20(32-4)24(2,3)35-18)34-23(31)25-11-6-5-7-11/h8-9,11,16,18-20,26-27H,5-7H2,1-4H3,(H,25,31)(H,28,29)/t16-,18+,19-,20-/m1/s1. The Morgan fingerprint density at radius 1 is 1.23 bits per heavy atom. The Labute approximate surface area is 200 Å². The summed E-state index contributed by atoms with van der Waals surface area (Å²) in [5.74, 6) is -2.32. The number of aromatic carboxylic acids is 1. The highest BCUT2D eigenvalue weighted by atomic mass is 16.6. The van der Waals surface area contributed by atoms with E-state index in [9.17, 15) is 29.7 Å². The Balaban J connectivity index is 1.73. The quantitative estimate of drug-likeness (QED) is 0.456. The Morgan fingerprint density at radius 2 is 1.91 bits per heavy atom. The van der Waals surface area contributed by atoms with Gasteiger partial charge in [-0.15, -0.1) is 0 Å². The number of benzene rings is 1. The number of carboxylic acid groups (broad SMARTS) is 1. The van der Waals surface area contributed by atoms with E-state index < -0.39 is 59.0 Å². The predicted octanol–water partition coefficient (Wildman–Crippen LogP) is 2.38. The number of hydrogen-bond donors (Lipinski definition) is 4. The lowest BCUT2D eigenvalue weighted by Gasteiger charge is -2.48. The van der Waals surface area contributed by atoms with E-state index in [1.54, 1.807) is 20.8 Å². The van der Waals surface area contributed by atoms with Gasteiger partial charge in [0.05, 0.1) is 11.0 Å². The van der Waals surface area contributed by atoms with Gasteiger partial charge in [0.1, 0.15) is 29.6 Å². The molecule has 1 saturated heterocycles. The third-order valence-corrected chi connectivity index (χ3v) is 6.84. The van der Waals surface area contributed by atoms with E-state index in [1.807, 2.05) is 0 Å². The molecule has 1 aromatic carbocycles. The van der Waals surface area contributed by atoms with Crippen LogP contribution in [-0.4, -0.2) is 64.4 Å². The minimum atomic E-state index is -1.61. The van der Waals surface area contributed by atoms with Crippen molar-refractivity contribution in [2.24, 2.45) is 0 Å². The number of amides is 1. The molecule has 0 bridgehead atoms. The van der Waals surface area contributed by atoms with Crippen molar-refractivity contribution < 1.29 is 43.5 Å². The van der Waals surface area contributed by atoms with Crippen LogP contribution in [0.15, 0.2) is 21.3 Å². The summed E-state index contributed by atoms with van der Waals surface area (Å²) in [7, 11) is 1.43. The fourth-order valence-electron chi connectivity index (χ4n) is 4.78. The molecule has 2 aliphatic rings. The highest BCUT2D eigenvalue weighted by Crippen LogP contribution is 2.43. The molecule has 2 fully saturated rings. The van der Waals surface area contributed by atoms with Crippen LogP contribution >= 0.6 is 0 Å². The van der Waals surface area contributed by atoms with Crippen molar-refractivity contribution in [2.45, 2.75) is 76.1 Å². The SMILES string of the molecule is CO[C@@H]1[C@H](OC(=O)NC2CCC2)[C@H](O)[C@H](c2ccc3c(O)c(C(=O)O)c(=O)oc3c2C)OC1(C)C. The van der Waals surface area contributed by atoms with E-state index >= 15 is 0 Å². The molecule has 1 amide bonds. The minimum absolute atomic E-state index is 0.0234. The number of aliphatic hydroxyl groups excluding tert-OH is 1. The van der Waals surface area contributed by atoms with Gasteiger partial charge < -0.3 is 39.3 Å². The van der Waals surface area contributed by atoms with Crippen LogP contribution in [0.3, 0.4) is 0 Å². The number of aromatic hydroxyl groups is 1. The van der Waals surface area contributed by atoms with Crippen LogP contribution < -0.4 is 10.9 Å². The number of aliphatic hydroxyl groups is 1. The average molecular weight is 491 g/mol. The highest BCUT2D eigenvalue weighted by molar-refractivity contribution is 5.98. The van der Waals surface area contributed by atoms with Crippen molar-refractivity contribution in [3.63, 3.8) is 0 Å². The molecule has 4 rings (SSSR count). The zero-order chi connectivity index (χ0) is 25.7. The monoisotopic (exact) mass is 491 g/mol. The first-order valence-electron chi connectivity index (χ1n) is 11.3. The first-order valence-corrected chi connectivity index (χ1v) is 11.3. The van der Waals surface area contributed by atoms with Crippen LogP contribution in [0.2, 0.25) is 0 Å². The number of carbonyl (C=O) groups excluding carboxylic acids is 1. The lowest BCUT2D eigenvalue weighted by atomic mass is 9.83. The van der Waals surface area contributed by atoms with Gasteiger partial charge in [-0.05, 0) is 57.2 Å². The summed E-state index contributed by atoms with van der Waals surface area (Å²) >= 11 is 0. The second-order valence-corrected chi connectivity index (χ2v) is 9.51. The second kappa shape index (κ2) is 9.14. The van der Waals surface area contributed by atoms with Crippen molar-refractivity contribution in [2.75, 3.05) is 7.11 Å². The molecule has 0 radical (unpaired) electrons. The maximum absolute atomic E-state index is 12.5. The zero-order valence-corrected chi connectivity index (χ0v) is 19.9. The molecule has 0 spiro atoms. The molecular weight excluding hydrogens is 462 g/mol. The van der Waals surface area contributed by atoms with Crippen LogP contribution in [0.5, 0.6) is 5.75 Å². The molecular formula is C24H29NO10. The van der Waals surface area contributed by atoms with E-state index in [4.69, 9.17) is 18.6 Å². The van der Waals surface area contributed by atoms with Gasteiger partial charge >= 0.3 is 17.7 Å². The van der Waals surface area contributed by atoms with Crippen LogP contribution in [-0.2, 0) is 14.2 Å². The molecule has 11 heteroatoms. The molecule has 4 atom stereocenters. The number of carboxylic acids is 1. The molecule has 11 nitrogen and oxygen atoms in total. The van der Waals surface area contributed by atoms with Gasteiger partial charge in [-0.25, -0.2) is 14.4 Å². The maximum atomic E-state index is 12.5. The first-order chi connectivity index (χ1) is 16.5. The molecule has 2 heterocycles. The molecule has 1 aromatic heterocycles. The van der Waals surface area contributed by atoms with Gasteiger partial charge in [0.15, 0.2) is 11.7 Å². The van der Waals surface area contributed by atoms with Gasteiger partial charge in [0, 0.05) is 13.2 Å². The van der Waals surface area contributed by atoms with Crippen LogP contribution in [0, 0.1) is 6.92 Å². The van der Waals surface area contributed by atoms with Gasteiger partial charge in [-0.1, -0.05) is 6.07 Å². The largest absolute Gasteiger partial charge is 0.506 e. The molecule has 4 N–H and O–H groups in total. The molecule has 2 aromatic rings. The summed E-state index contributed by atoms with van der Waals surface area (Å²) in [5, 5.41) is 33.6. The lowest BCUT2D eigenvalue weighted by Crippen LogP contribution is -2.61. The lowest BCUT2D eigenvalue weighted by molar-refractivity contribution is -0.264. The molecule has 1 saturated carbocycles. The van der Waals surface area contributed by atoms with Crippen molar-refractivity contribution >= 4 is 23.0 Å². The van der Waals surface area contributed by atoms with Crippen molar-refractivity contribution in [1.29, 1.82) is 0 Å². The third kappa shape index (κ3) is 4.35. The van der Waals surface area contributed by atoms with Crippen molar-refractivity contribution in [3.05, 3.63) is 39.2 Å². The zero-order valence-electron chi connectivity index (χ0n) is 19.9. The number of aryl methyl sites for hydroxylation is 1. The maximum Gasteiger partial charge on any atom is 0.407 e. The van der Waals surface area contributed by atoms with E-state index in [-0.39, 0.29) is 17.0 Å². The number of nitrogens with one attached hydrogen (secondary N) is 1. The Kier molecular flexibility index (Phi) is 6.52. The number of methoxy groups -OCH3 is 1. The number of fused-ring (bicyclic) bond motifs is 1. The normalized spacial score (nSPS) is 26.2. The minimum Gasteiger partial charge on any atom is -0.506 e. The van der Waals surface area contributed by atoms with Gasteiger partial charge in [-0.3, -0.25) is 0 Å². The third-order valence-electron chi connectivity index (χ3n) is 6.84.